The first kappa shape index (κ1) is 12.6. The molecule has 0 amide bonds. The smallest absolute Gasteiger partial charge is 0.330 e. The molecule has 6 nitrogen and oxygen atoms in total. The second kappa shape index (κ2) is 4.70. The molecule has 1 aromatic carbocycles. The van der Waals surface area contributed by atoms with Gasteiger partial charge in [0.15, 0.2) is 0 Å². The van der Waals surface area contributed by atoms with Crippen molar-refractivity contribution in [3.8, 4) is 17.1 Å². The fourth-order valence-electron chi connectivity index (χ4n) is 2.65. The van der Waals surface area contributed by atoms with Crippen LogP contribution < -0.4 is 5.69 Å². The molecule has 4 rings (SSSR count). The predicted molar refractivity (Wildman–Crippen MR) is 83.9 cm³/mol. The largest absolute Gasteiger partial charge is 0.351 e. The lowest BCUT2D eigenvalue weighted by Gasteiger charge is -2.07. The van der Waals surface area contributed by atoms with Crippen molar-refractivity contribution in [2.24, 2.45) is 7.05 Å². The first-order valence-corrected chi connectivity index (χ1v) is 6.86. The fraction of sp³-hybridized carbons (Fsp3) is 0.0625. The minimum Gasteiger partial charge on any atom is -0.351 e. The van der Waals surface area contributed by atoms with Gasteiger partial charge in [0, 0.05) is 42.7 Å². The van der Waals surface area contributed by atoms with Gasteiger partial charge in [-0.15, -0.1) is 0 Å². The second-order valence-electron chi connectivity index (χ2n) is 5.07. The third kappa shape index (κ3) is 1.85. The number of fused-ring (bicyclic) bond motifs is 1. The highest BCUT2D eigenvalue weighted by atomic mass is 16.1. The average molecular weight is 291 g/mol. The molecule has 0 atom stereocenters. The van der Waals surface area contributed by atoms with Crippen LogP contribution in [-0.4, -0.2) is 24.1 Å². The maximum absolute atomic E-state index is 12.2. The molecule has 6 heteroatoms. The van der Waals surface area contributed by atoms with Crippen LogP contribution in [0.3, 0.4) is 0 Å². The van der Waals surface area contributed by atoms with Crippen LogP contribution in [0.2, 0.25) is 0 Å². The lowest BCUT2D eigenvalue weighted by molar-refractivity contribution is 0.965. The van der Waals surface area contributed by atoms with Crippen molar-refractivity contribution < 1.29 is 0 Å². The summed E-state index contributed by atoms with van der Waals surface area (Å²) in [5, 5.41) is 1.08. The minimum atomic E-state index is -0.198. The number of aromatic nitrogens is 5. The molecule has 0 radical (unpaired) electrons. The second-order valence-corrected chi connectivity index (χ2v) is 5.07. The Balaban J connectivity index is 1.95. The quantitative estimate of drug-likeness (QED) is 0.615. The number of H-pyrrole nitrogens is 1. The molecule has 0 bridgehead atoms. The van der Waals surface area contributed by atoms with Gasteiger partial charge in [-0.2, -0.15) is 0 Å². The monoisotopic (exact) mass is 291 g/mol. The van der Waals surface area contributed by atoms with E-state index in [1.165, 1.54) is 0 Å². The van der Waals surface area contributed by atoms with Gasteiger partial charge in [-0.1, -0.05) is 0 Å². The van der Waals surface area contributed by atoms with Gasteiger partial charge < -0.3 is 9.55 Å². The highest BCUT2D eigenvalue weighted by molar-refractivity contribution is 5.82. The Kier molecular flexibility index (Phi) is 2.69. The van der Waals surface area contributed by atoms with Gasteiger partial charge in [0.25, 0.3) is 0 Å². The first-order valence-electron chi connectivity index (χ1n) is 6.86. The highest BCUT2D eigenvalue weighted by Gasteiger charge is 2.12. The zero-order valence-electron chi connectivity index (χ0n) is 11.9. The Labute approximate surface area is 125 Å². The number of rotatable bonds is 2. The number of aryl methyl sites for hydroxylation is 1. The molecule has 3 aromatic heterocycles. The molecule has 22 heavy (non-hydrogen) atoms. The summed E-state index contributed by atoms with van der Waals surface area (Å²) in [6.07, 6.45) is 8.51. The van der Waals surface area contributed by atoms with E-state index in [1.54, 1.807) is 29.4 Å². The Morgan fingerprint density at radius 2 is 2.09 bits per heavy atom. The van der Waals surface area contributed by atoms with Crippen molar-refractivity contribution in [3.63, 3.8) is 0 Å². The van der Waals surface area contributed by atoms with Gasteiger partial charge in [0.05, 0.1) is 17.6 Å². The van der Waals surface area contributed by atoms with Gasteiger partial charge in [0.2, 0.25) is 0 Å². The van der Waals surface area contributed by atoms with E-state index in [1.807, 2.05) is 42.1 Å². The third-order valence-corrected chi connectivity index (χ3v) is 3.73. The number of hydrogen-bond donors (Lipinski definition) is 1. The maximum atomic E-state index is 12.2. The molecule has 0 unspecified atom stereocenters. The SMILES string of the molecule is Cn1ccc2cc(-n3c(-c4cnccn4)c[nH]c3=O)ccc21. The van der Waals surface area contributed by atoms with Crippen molar-refractivity contribution in [1.29, 1.82) is 0 Å². The molecule has 3 heterocycles. The van der Waals surface area contributed by atoms with Crippen molar-refractivity contribution in [3.05, 3.63) is 65.7 Å². The van der Waals surface area contributed by atoms with Crippen LogP contribution in [0.25, 0.3) is 28.0 Å². The summed E-state index contributed by atoms with van der Waals surface area (Å²) >= 11 is 0. The summed E-state index contributed by atoms with van der Waals surface area (Å²) in [5.74, 6) is 0. The summed E-state index contributed by atoms with van der Waals surface area (Å²) in [5.41, 5.74) is 3.05. The normalized spacial score (nSPS) is 11.1. The molecule has 0 saturated carbocycles. The number of hydrogen-bond acceptors (Lipinski definition) is 3. The van der Waals surface area contributed by atoms with E-state index in [4.69, 9.17) is 0 Å². The van der Waals surface area contributed by atoms with Gasteiger partial charge >= 0.3 is 5.69 Å². The Bertz CT molecular complexity index is 1010. The van der Waals surface area contributed by atoms with Crippen LogP contribution in [0.5, 0.6) is 0 Å². The molecule has 0 spiro atoms. The zero-order valence-corrected chi connectivity index (χ0v) is 11.9. The topological polar surface area (TPSA) is 68.5 Å². The van der Waals surface area contributed by atoms with Crippen LogP contribution in [0.4, 0.5) is 0 Å². The summed E-state index contributed by atoms with van der Waals surface area (Å²) in [6, 6.07) is 7.95. The predicted octanol–water partition coefficient (Wildman–Crippen LogP) is 2.11. The molecule has 108 valence electrons. The highest BCUT2D eigenvalue weighted by Crippen LogP contribution is 2.22. The van der Waals surface area contributed by atoms with Crippen LogP contribution in [-0.2, 0) is 7.05 Å². The lowest BCUT2D eigenvalue weighted by atomic mass is 10.2. The summed E-state index contributed by atoms with van der Waals surface area (Å²) in [6.45, 7) is 0. The van der Waals surface area contributed by atoms with Crippen LogP contribution in [0.1, 0.15) is 0 Å². The molecule has 0 aliphatic carbocycles. The van der Waals surface area contributed by atoms with Gasteiger partial charge in [-0.05, 0) is 24.3 Å². The maximum Gasteiger partial charge on any atom is 0.330 e. The fourth-order valence-corrected chi connectivity index (χ4v) is 2.65. The molecule has 0 aliphatic heterocycles. The van der Waals surface area contributed by atoms with E-state index in [-0.39, 0.29) is 5.69 Å². The number of nitrogens with one attached hydrogen (secondary N) is 1. The van der Waals surface area contributed by atoms with E-state index < -0.39 is 0 Å². The molecular weight excluding hydrogens is 278 g/mol. The van der Waals surface area contributed by atoms with E-state index in [2.05, 4.69) is 15.0 Å². The van der Waals surface area contributed by atoms with E-state index in [0.717, 1.165) is 16.6 Å². The van der Waals surface area contributed by atoms with E-state index in [9.17, 15) is 4.79 Å². The third-order valence-electron chi connectivity index (χ3n) is 3.73. The molecule has 4 aromatic rings. The van der Waals surface area contributed by atoms with Crippen molar-refractivity contribution in [2.45, 2.75) is 0 Å². The Hall–Kier alpha value is -3.15. The summed E-state index contributed by atoms with van der Waals surface area (Å²) in [4.78, 5) is 23.3. The van der Waals surface area contributed by atoms with Crippen LogP contribution >= 0.6 is 0 Å². The molecule has 0 fully saturated rings. The molecule has 0 aliphatic rings. The van der Waals surface area contributed by atoms with E-state index in [0.29, 0.717) is 11.4 Å². The number of benzene rings is 1. The molecule has 0 saturated heterocycles. The minimum absolute atomic E-state index is 0.198. The standard InChI is InChI=1S/C16H13N5O/c1-20-7-4-11-8-12(2-3-14(11)20)21-15(10-19-16(21)22)13-9-17-5-6-18-13/h2-10H,1H3,(H,19,22). The van der Waals surface area contributed by atoms with Gasteiger partial charge in [-0.3, -0.25) is 14.5 Å². The first-order chi connectivity index (χ1) is 10.7. The van der Waals surface area contributed by atoms with Gasteiger partial charge in [-0.25, -0.2) is 4.79 Å². The lowest BCUT2D eigenvalue weighted by Crippen LogP contribution is -2.15. The van der Waals surface area contributed by atoms with Gasteiger partial charge in [0.1, 0.15) is 5.69 Å². The number of imidazole rings is 1. The van der Waals surface area contributed by atoms with Crippen molar-refractivity contribution in [2.75, 3.05) is 0 Å². The summed E-state index contributed by atoms with van der Waals surface area (Å²) in [7, 11) is 2.00. The van der Waals surface area contributed by atoms with Crippen molar-refractivity contribution in [1.82, 2.24) is 24.1 Å². The number of aromatic amines is 1. The Morgan fingerprint density at radius 1 is 1.18 bits per heavy atom. The average Bonchev–Trinajstić information content (AvgIpc) is 3.11. The molecular formula is C16H13N5O. The van der Waals surface area contributed by atoms with Crippen molar-refractivity contribution >= 4 is 10.9 Å². The van der Waals surface area contributed by atoms with E-state index >= 15 is 0 Å². The Morgan fingerprint density at radius 3 is 2.91 bits per heavy atom. The molecule has 1 N–H and O–H groups in total. The zero-order chi connectivity index (χ0) is 15.1. The van der Waals surface area contributed by atoms with Crippen LogP contribution in [0, 0.1) is 0 Å². The summed E-state index contributed by atoms with van der Waals surface area (Å²) < 4.78 is 3.65. The number of nitrogens with zero attached hydrogens (tertiary/aromatic N) is 4. The van der Waals surface area contributed by atoms with Crippen LogP contribution in [0.15, 0.2) is 60.0 Å².